The fourth-order valence-corrected chi connectivity index (χ4v) is 3.56. The van der Waals surface area contributed by atoms with E-state index >= 15 is 0 Å². The highest BCUT2D eigenvalue weighted by molar-refractivity contribution is 7.89. The summed E-state index contributed by atoms with van der Waals surface area (Å²) < 4.78 is 37.6. The third-order valence-electron chi connectivity index (χ3n) is 3.62. The van der Waals surface area contributed by atoms with Crippen LogP contribution < -0.4 is 9.46 Å². The van der Waals surface area contributed by atoms with Gasteiger partial charge in [0.05, 0.1) is 18.0 Å². The molecule has 2 aromatic carbocycles. The molecular weight excluding hydrogens is 378 g/mol. The van der Waals surface area contributed by atoms with Crippen molar-refractivity contribution in [2.45, 2.75) is 17.9 Å². The number of rotatable bonds is 6. The van der Waals surface area contributed by atoms with Crippen LogP contribution >= 0.6 is 11.6 Å². The van der Waals surface area contributed by atoms with Crippen molar-refractivity contribution < 1.29 is 17.7 Å². The number of nitrogens with zero attached hydrogens (tertiary/aromatic N) is 2. The lowest BCUT2D eigenvalue weighted by Gasteiger charge is -2.10. The Morgan fingerprint density at radius 2 is 1.77 bits per heavy atom. The van der Waals surface area contributed by atoms with Crippen LogP contribution in [0.25, 0.3) is 11.4 Å². The minimum absolute atomic E-state index is 0.101. The molecule has 0 aliphatic carbocycles. The number of hydrogen-bond donors (Lipinski definition) is 1. The summed E-state index contributed by atoms with van der Waals surface area (Å²) in [6.45, 7) is 1.62. The molecule has 0 radical (unpaired) electrons. The van der Waals surface area contributed by atoms with E-state index in [1.54, 1.807) is 38.3 Å². The molecule has 3 aromatic rings. The van der Waals surface area contributed by atoms with Crippen LogP contribution in [0, 0.1) is 0 Å². The maximum atomic E-state index is 12.4. The predicted octanol–water partition coefficient (Wildman–Crippen LogP) is 3.44. The Labute approximate surface area is 156 Å². The van der Waals surface area contributed by atoms with Gasteiger partial charge in [-0.3, -0.25) is 0 Å². The van der Waals surface area contributed by atoms with Gasteiger partial charge in [-0.2, -0.15) is 9.71 Å². The van der Waals surface area contributed by atoms with Crippen LogP contribution in [0.1, 0.15) is 18.9 Å². The quantitative estimate of drug-likeness (QED) is 0.689. The second kappa shape index (κ2) is 7.45. The van der Waals surface area contributed by atoms with Crippen LogP contribution in [0.15, 0.2) is 57.9 Å². The largest absolute Gasteiger partial charge is 0.497 e. The van der Waals surface area contributed by atoms with Gasteiger partial charge in [0, 0.05) is 10.6 Å². The Morgan fingerprint density at radius 1 is 1.12 bits per heavy atom. The maximum absolute atomic E-state index is 12.4. The molecule has 0 saturated heterocycles. The maximum Gasteiger partial charge on any atom is 0.244 e. The molecule has 3 rings (SSSR count). The van der Waals surface area contributed by atoms with E-state index in [2.05, 4.69) is 14.9 Å². The zero-order valence-electron chi connectivity index (χ0n) is 14.0. The van der Waals surface area contributed by atoms with Gasteiger partial charge in [0.15, 0.2) is 0 Å². The standard InChI is InChI=1S/C17H16ClN3O4S/c1-11(21-26(22,23)15-9-5-13(18)6-10-15)17-19-16(20-25-17)12-3-7-14(24-2)8-4-12/h3-11,21H,1-2H3/t11-/m1/s1. The van der Waals surface area contributed by atoms with Gasteiger partial charge in [0.25, 0.3) is 0 Å². The van der Waals surface area contributed by atoms with Gasteiger partial charge >= 0.3 is 0 Å². The number of hydrogen-bond acceptors (Lipinski definition) is 6. The average Bonchev–Trinajstić information content (AvgIpc) is 3.12. The first-order chi connectivity index (χ1) is 12.4. The summed E-state index contributed by atoms with van der Waals surface area (Å²) in [4.78, 5) is 4.36. The summed E-state index contributed by atoms with van der Waals surface area (Å²) in [5.74, 6) is 1.23. The molecule has 0 spiro atoms. The van der Waals surface area contributed by atoms with Crippen molar-refractivity contribution in [3.8, 4) is 17.1 Å². The Bertz CT molecular complexity index is 986. The summed E-state index contributed by atoms with van der Waals surface area (Å²) in [6.07, 6.45) is 0. The number of ether oxygens (including phenoxy) is 1. The van der Waals surface area contributed by atoms with Crippen molar-refractivity contribution in [2.24, 2.45) is 0 Å². The number of benzene rings is 2. The van der Waals surface area contributed by atoms with Crippen LogP contribution in [0.2, 0.25) is 5.02 Å². The van der Waals surface area contributed by atoms with Gasteiger partial charge in [0.1, 0.15) is 5.75 Å². The van der Waals surface area contributed by atoms with Crippen molar-refractivity contribution in [3.05, 3.63) is 59.4 Å². The lowest BCUT2D eigenvalue weighted by atomic mass is 10.2. The second-order valence-corrected chi connectivity index (χ2v) is 7.63. The summed E-state index contributed by atoms with van der Waals surface area (Å²) >= 11 is 5.79. The molecule has 0 amide bonds. The second-order valence-electron chi connectivity index (χ2n) is 5.48. The van der Waals surface area contributed by atoms with Gasteiger partial charge in [-0.1, -0.05) is 16.8 Å². The molecule has 0 aliphatic rings. The Balaban J connectivity index is 1.77. The number of aromatic nitrogens is 2. The van der Waals surface area contributed by atoms with Gasteiger partial charge in [-0.05, 0) is 55.5 Å². The van der Waals surface area contributed by atoms with Gasteiger partial charge in [-0.15, -0.1) is 0 Å². The highest BCUT2D eigenvalue weighted by Crippen LogP contribution is 2.22. The fourth-order valence-electron chi connectivity index (χ4n) is 2.23. The number of nitrogens with one attached hydrogen (secondary N) is 1. The first kappa shape index (κ1) is 18.4. The monoisotopic (exact) mass is 393 g/mol. The van der Waals surface area contributed by atoms with E-state index in [9.17, 15) is 8.42 Å². The summed E-state index contributed by atoms with van der Waals surface area (Å²) in [6, 6.07) is 12.3. The molecule has 9 heteroatoms. The van der Waals surface area contributed by atoms with Gasteiger partial charge < -0.3 is 9.26 Å². The third kappa shape index (κ3) is 4.04. The van der Waals surface area contributed by atoms with Crippen molar-refractivity contribution in [1.82, 2.24) is 14.9 Å². The normalized spacial score (nSPS) is 12.7. The van der Waals surface area contributed by atoms with Crippen LogP contribution in [0.3, 0.4) is 0 Å². The lowest BCUT2D eigenvalue weighted by Crippen LogP contribution is -2.27. The summed E-state index contributed by atoms with van der Waals surface area (Å²) in [5, 5.41) is 4.35. The zero-order chi connectivity index (χ0) is 18.7. The highest BCUT2D eigenvalue weighted by atomic mass is 35.5. The van der Waals surface area contributed by atoms with E-state index in [1.807, 2.05) is 0 Å². The van der Waals surface area contributed by atoms with Crippen molar-refractivity contribution in [1.29, 1.82) is 0 Å². The Morgan fingerprint density at radius 3 is 2.38 bits per heavy atom. The van der Waals surface area contributed by atoms with E-state index in [4.69, 9.17) is 20.9 Å². The Hall–Kier alpha value is -2.42. The SMILES string of the molecule is COc1ccc(-c2noc([C@@H](C)NS(=O)(=O)c3ccc(Cl)cc3)n2)cc1. The predicted molar refractivity (Wildman–Crippen MR) is 96.5 cm³/mol. The lowest BCUT2D eigenvalue weighted by molar-refractivity contribution is 0.354. The third-order valence-corrected chi connectivity index (χ3v) is 5.42. The molecule has 1 heterocycles. The minimum atomic E-state index is -3.74. The van der Waals surface area contributed by atoms with E-state index in [0.29, 0.717) is 16.6 Å². The number of halogens is 1. The smallest absolute Gasteiger partial charge is 0.244 e. The molecule has 1 N–H and O–H groups in total. The fraction of sp³-hybridized carbons (Fsp3) is 0.176. The Kier molecular flexibility index (Phi) is 5.26. The van der Waals surface area contributed by atoms with Crippen molar-refractivity contribution in [3.63, 3.8) is 0 Å². The van der Waals surface area contributed by atoms with E-state index in [0.717, 1.165) is 5.56 Å². The van der Waals surface area contributed by atoms with Crippen LogP contribution in [-0.2, 0) is 10.0 Å². The van der Waals surface area contributed by atoms with Crippen LogP contribution in [0.4, 0.5) is 0 Å². The van der Waals surface area contributed by atoms with Crippen LogP contribution in [-0.4, -0.2) is 25.7 Å². The van der Waals surface area contributed by atoms with Gasteiger partial charge in [-0.25, -0.2) is 8.42 Å². The first-order valence-electron chi connectivity index (χ1n) is 7.65. The molecule has 0 unspecified atom stereocenters. The molecule has 0 fully saturated rings. The molecule has 0 aliphatic heterocycles. The first-order valence-corrected chi connectivity index (χ1v) is 9.51. The average molecular weight is 394 g/mol. The summed E-state index contributed by atoms with van der Waals surface area (Å²) in [7, 11) is -2.16. The molecule has 1 atom stereocenters. The number of methoxy groups -OCH3 is 1. The van der Waals surface area contributed by atoms with Crippen molar-refractivity contribution >= 4 is 21.6 Å². The van der Waals surface area contributed by atoms with Gasteiger partial charge in [0.2, 0.25) is 21.7 Å². The van der Waals surface area contributed by atoms with E-state index in [1.165, 1.54) is 24.3 Å². The number of sulfonamides is 1. The molecule has 0 bridgehead atoms. The van der Waals surface area contributed by atoms with E-state index < -0.39 is 16.1 Å². The van der Waals surface area contributed by atoms with E-state index in [-0.39, 0.29) is 10.8 Å². The molecule has 136 valence electrons. The molecule has 7 nitrogen and oxygen atoms in total. The molecule has 0 saturated carbocycles. The summed E-state index contributed by atoms with van der Waals surface area (Å²) in [5.41, 5.74) is 0.730. The zero-order valence-corrected chi connectivity index (χ0v) is 15.6. The molecule has 26 heavy (non-hydrogen) atoms. The van der Waals surface area contributed by atoms with Crippen LogP contribution in [0.5, 0.6) is 5.75 Å². The molecular formula is C17H16ClN3O4S. The molecule has 1 aromatic heterocycles. The highest BCUT2D eigenvalue weighted by Gasteiger charge is 2.22. The minimum Gasteiger partial charge on any atom is -0.497 e. The van der Waals surface area contributed by atoms with Crippen molar-refractivity contribution in [2.75, 3.05) is 7.11 Å². The topological polar surface area (TPSA) is 94.3 Å².